The number of carbonyl (C=O) groups is 4. The number of benzene rings is 2. The van der Waals surface area contributed by atoms with Crippen LogP contribution in [0.1, 0.15) is 56.1 Å². The molecular weight excluding hydrogens is 564 g/mol. The van der Waals surface area contributed by atoms with E-state index in [2.05, 4.69) is 39.7 Å². The van der Waals surface area contributed by atoms with Crippen molar-refractivity contribution in [3.05, 3.63) is 65.7 Å². The van der Waals surface area contributed by atoms with Gasteiger partial charge in [0.25, 0.3) is 0 Å². The summed E-state index contributed by atoms with van der Waals surface area (Å²) in [5.41, 5.74) is 2.31. The van der Waals surface area contributed by atoms with Crippen molar-refractivity contribution in [2.24, 2.45) is 0 Å². The number of piperidine rings is 1. The van der Waals surface area contributed by atoms with E-state index in [4.69, 9.17) is 4.74 Å². The van der Waals surface area contributed by atoms with Crippen LogP contribution in [0.15, 0.2) is 54.6 Å². The third kappa shape index (κ3) is 15.0. The molecule has 3 amide bonds. The first kappa shape index (κ1) is 36.2. The van der Waals surface area contributed by atoms with E-state index in [0.717, 1.165) is 30.6 Å². The van der Waals surface area contributed by atoms with Crippen LogP contribution < -0.4 is 20.7 Å². The van der Waals surface area contributed by atoms with E-state index in [1.807, 2.05) is 42.5 Å². The van der Waals surface area contributed by atoms with Crippen LogP contribution in [0.2, 0.25) is 0 Å². The summed E-state index contributed by atoms with van der Waals surface area (Å²) in [5.74, 6) is -0.823. The fourth-order valence-electron chi connectivity index (χ4n) is 4.54. The number of hydrogen-bond acceptors (Lipinski definition) is 8. The second kappa shape index (κ2) is 20.9. The van der Waals surface area contributed by atoms with Gasteiger partial charge in [-0.15, -0.1) is 0 Å². The maximum atomic E-state index is 12.8. The lowest BCUT2D eigenvalue weighted by Crippen LogP contribution is -2.49. The Morgan fingerprint density at radius 1 is 0.909 bits per heavy atom. The molecule has 0 radical (unpaired) electrons. The van der Waals surface area contributed by atoms with Crippen molar-refractivity contribution in [1.29, 1.82) is 0 Å². The fourth-order valence-corrected chi connectivity index (χ4v) is 4.54. The monoisotopic (exact) mass is 612 g/mol. The molecule has 0 spiro atoms. The van der Waals surface area contributed by atoms with E-state index in [0.29, 0.717) is 19.6 Å². The summed E-state index contributed by atoms with van der Waals surface area (Å²) in [6, 6.07) is 16.8. The number of nitrogens with one attached hydrogen (secondary N) is 3. The molecule has 2 aromatic carbocycles. The Hall–Kier alpha value is -3.96. The lowest BCUT2D eigenvalue weighted by molar-refractivity contribution is -0.142. The normalized spacial score (nSPS) is 13.9. The van der Waals surface area contributed by atoms with Crippen LogP contribution in [0.3, 0.4) is 0 Å². The van der Waals surface area contributed by atoms with E-state index in [1.165, 1.54) is 12.7 Å². The number of carbonyl (C=O) groups excluding carboxylic acids is 4. The van der Waals surface area contributed by atoms with Crippen molar-refractivity contribution in [1.82, 2.24) is 20.9 Å². The third-order valence-electron chi connectivity index (χ3n) is 7.09. The highest BCUT2D eigenvalue weighted by atomic mass is 16.5. The molecule has 2 atom stereocenters. The predicted octanol–water partition coefficient (Wildman–Crippen LogP) is 2.49. The van der Waals surface area contributed by atoms with Gasteiger partial charge in [0.15, 0.2) is 0 Å². The highest BCUT2D eigenvalue weighted by Crippen LogP contribution is 2.13. The van der Waals surface area contributed by atoms with E-state index in [-0.39, 0.29) is 44.7 Å². The van der Waals surface area contributed by atoms with Gasteiger partial charge in [0.1, 0.15) is 11.8 Å². The fraction of sp³-hybridized carbons (Fsp3) is 0.515. The number of amides is 3. The Labute approximate surface area is 260 Å². The van der Waals surface area contributed by atoms with Gasteiger partial charge in [-0.2, -0.15) is 0 Å². The lowest BCUT2D eigenvalue weighted by Gasteiger charge is -2.27. The van der Waals surface area contributed by atoms with Gasteiger partial charge in [-0.1, -0.05) is 48.0 Å². The first-order valence-electron chi connectivity index (χ1n) is 15.2. The second-order valence-corrected chi connectivity index (χ2v) is 10.7. The molecule has 1 saturated heterocycles. The Bertz CT molecular complexity index is 1160. The topological polar surface area (TPSA) is 146 Å². The average Bonchev–Trinajstić information content (AvgIpc) is 3.05. The summed E-state index contributed by atoms with van der Waals surface area (Å²) < 4.78 is 9.75. The van der Waals surface area contributed by atoms with Crippen LogP contribution in [0, 0.1) is 6.92 Å². The molecule has 1 heterocycles. The van der Waals surface area contributed by atoms with Crippen LogP contribution >= 0.6 is 0 Å². The van der Waals surface area contributed by atoms with Crippen molar-refractivity contribution < 1.29 is 33.8 Å². The quantitative estimate of drug-likeness (QED) is 0.225. The Kier molecular flexibility index (Phi) is 17.2. The van der Waals surface area contributed by atoms with Gasteiger partial charge >= 0.3 is 5.97 Å². The predicted molar refractivity (Wildman–Crippen MR) is 168 cm³/mol. The van der Waals surface area contributed by atoms with E-state index >= 15 is 0 Å². The summed E-state index contributed by atoms with van der Waals surface area (Å²) in [6.45, 7) is 4.21. The molecule has 11 nitrogen and oxygen atoms in total. The Morgan fingerprint density at radius 2 is 1.64 bits per heavy atom. The van der Waals surface area contributed by atoms with E-state index in [9.17, 15) is 24.3 Å². The molecule has 4 N–H and O–H groups in total. The summed E-state index contributed by atoms with van der Waals surface area (Å²) in [6.07, 6.45) is 2.15. The number of rotatable bonds is 15. The number of likely N-dealkylation sites (tertiary alicyclic amines) is 1. The number of methoxy groups -OCH3 is 2. The van der Waals surface area contributed by atoms with Crippen LogP contribution in [-0.2, 0) is 30.5 Å². The molecule has 1 aliphatic heterocycles. The summed E-state index contributed by atoms with van der Waals surface area (Å²) >= 11 is 0. The highest BCUT2D eigenvalue weighted by molar-refractivity contribution is 5.89. The first-order valence-corrected chi connectivity index (χ1v) is 15.2. The lowest BCUT2D eigenvalue weighted by atomic mass is 10.1. The molecule has 44 heavy (non-hydrogen) atoms. The summed E-state index contributed by atoms with van der Waals surface area (Å²) in [5, 5.41) is 18.7. The molecule has 242 valence electrons. The number of ether oxygens (including phenoxy) is 2. The van der Waals surface area contributed by atoms with Crippen LogP contribution in [0.4, 0.5) is 0 Å². The van der Waals surface area contributed by atoms with Crippen molar-refractivity contribution >= 4 is 23.7 Å². The van der Waals surface area contributed by atoms with Crippen molar-refractivity contribution in [2.75, 3.05) is 40.4 Å². The van der Waals surface area contributed by atoms with Gasteiger partial charge in [-0.3, -0.25) is 19.2 Å². The molecule has 1 aliphatic rings. The summed E-state index contributed by atoms with van der Waals surface area (Å²) in [7, 11) is 2.83. The molecule has 2 unspecified atom stereocenters. The zero-order valence-electron chi connectivity index (χ0n) is 26.2. The second-order valence-electron chi connectivity index (χ2n) is 10.7. The minimum Gasteiger partial charge on any atom is -0.497 e. The molecule has 0 bridgehead atoms. The number of aliphatic hydroxyl groups excluding tert-OH is 1. The zero-order chi connectivity index (χ0) is 32.2. The highest BCUT2D eigenvalue weighted by Gasteiger charge is 2.24. The van der Waals surface area contributed by atoms with Gasteiger partial charge in [-0.05, 0) is 50.3 Å². The van der Waals surface area contributed by atoms with Crippen molar-refractivity contribution in [2.45, 2.75) is 70.6 Å². The Morgan fingerprint density at radius 3 is 2.27 bits per heavy atom. The first-order chi connectivity index (χ1) is 21.2. The standard InChI is InChI=1S/C26H40N4O7.C7H8/c1-36-21-8-6-7-19(15-21)16-27-17-20(31)18-28-26(35)22(29-23(32)10-12-25(34)37-2)9-11-24(33)30-13-4-3-5-14-30;1-7-5-3-2-4-6-7/h6-8,15,20,22,27,31H,3-5,9-14,16-18H2,1-2H3,(H,28,35)(H,29,32);2-6H,1H3. The van der Waals surface area contributed by atoms with Crippen LogP contribution in [-0.4, -0.2) is 86.2 Å². The van der Waals surface area contributed by atoms with Crippen molar-refractivity contribution in [3.8, 4) is 5.75 Å². The van der Waals surface area contributed by atoms with Crippen LogP contribution in [0.5, 0.6) is 5.75 Å². The molecule has 3 rings (SSSR count). The largest absolute Gasteiger partial charge is 0.497 e. The third-order valence-corrected chi connectivity index (χ3v) is 7.09. The maximum Gasteiger partial charge on any atom is 0.306 e. The number of aliphatic hydroxyl groups is 1. The Balaban J connectivity index is 0.000000843. The minimum absolute atomic E-state index is 0.0292. The van der Waals surface area contributed by atoms with Gasteiger partial charge in [-0.25, -0.2) is 0 Å². The maximum absolute atomic E-state index is 12.8. The molecule has 1 fully saturated rings. The van der Waals surface area contributed by atoms with Gasteiger partial charge < -0.3 is 35.4 Å². The number of hydrogen-bond donors (Lipinski definition) is 4. The average molecular weight is 613 g/mol. The SMILES string of the molecule is COC(=O)CCC(=O)NC(CCC(=O)N1CCCCC1)C(=O)NCC(O)CNCc1cccc(OC)c1.Cc1ccccc1. The summed E-state index contributed by atoms with van der Waals surface area (Å²) in [4.78, 5) is 50.9. The smallest absolute Gasteiger partial charge is 0.306 e. The minimum atomic E-state index is -0.962. The van der Waals surface area contributed by atoms with Crippen LogP contribution in [0.25, 0.3) is 0 Å². The van der Waals surface area contributed by atoms with Crippen molar-refractivity contribution in [3.63, 3.8) is 0 Å². The van der Waals surface area contributed by atoms with Gasteiger partial charge in [0, 0.05) is 45.6 Å². The zero-order valence-corrected chi connectivity index (χ0v) is 26.2. The molecule has 0 aliphatic carbocycles. The molecule has 2 aromatic rings. The van der Waals surface area contributed by atoms with E-state index in [1.54, 1.807) is 12.0 Å². The number of esters is 1. The number of nitrogens with zero attached hydrogens (tertiary/aromatic N) is 1. The molecule has 0 saturated carbocycles. The molecule has 0 aromatic heterocycles. The van der Waals surface area contributed by atoms with E-state index < -0.39 is 29.9 Å². The molecule has 11 heteroatoms. The number of aryl methyl sites for hydroxylation is 1. The van der Waals surface area contributed by atoms with Gasteiger partial charge in [0.05, 0.1) is 26.7 Å². The molecular formula is C33H48N4O7. The van der Waals surface area contributed by atoms with Gasteiger partial charge in [0.2, 0.25) is 17.7 Å².